The van der Waals surface area contributed by atoms with Gasteiger partial charge in [0.2, 0.25) is 0 Å². The maximum absolute atomic E-state index is 13.3. The van der Waals surface area contributed by atoms with E-state index in [2.05, 4.69) is 4.98 Å². The number of pyridine rings is 1. The lowest BCUT2D eigenvalue weighted by Crippen LogP contribution is -2.41. The molecule has 1 aromatic heterocycles. The third-order valence-corrected chi connectivity index (χ3v) is 5.26. The van der Waals surface area contributed by atoms with Gasteiger partial charge in [0.15, 0.2) is 0 Å². The fraction of sp³-hybridized carbons (Fsp3) is 0.706. The molecule has 2 fully saturated rings. The maximum Gasteiger partial charge on any atom is 0.494 e. The average molecular weight is 357 g/mol. The van der Waals surface area contributed by atoms with Crippen molar-refractivity contribution < 1.29 is 27.2 Å². The lowest BCUT2D eigenvalue weighted by atomic mass is 9.77. The van der Waals surface area contributed by atoms with Crippen LogP contribution in [0.2, 0.25) is 0 Å². The zero-order valence-electron chi connectivity index (χ0n) is 14.9. The summed E-state index contributed by atoms with van der Waals surface area (Å²) >= 11 is 0. The third-order valence-electron chi connectivity index (χ3n) is 5.26. The first kappa shape index (κ1) is 18.7. The summed E-state index contributed by atoms with van der Waals surface area (Å²) in [7, 11) is -0.850. The van der Waals surface area contributed by atoms with Crippen molar-refractivity contribution in [3.05, 3.63) is 23.5 Å². The van der Waals surface area contributed by atoms with Crippen molar-refractivity contribution in [2.45, 2.75) is 63.8 Å². The van der Waals surface area contributed by atoms with Crippen LogP contribution in [0.5, 0.6) is 0 Å². The number of aromatic nitrogens is 1. The Morgan fingerprint density at radius 1 is 1.12 bits per heavy atom. The summed E-state index contributed by atoms with van der Waals surface area (Å²) < 4.78 is 57.2. The SMILES string of the molecule is CC1(C)OB(c2cc(C3CCCOC3)nc(C(F)(F)F)c2)OC1(C)C. The molecular formula is C17H23BF3NO3. The van der Waals surface area contributed by atoms with Crippen molar-refractivity contribution in [1.82, 2.24) is 4.98 Å². The van der Waals surface area contributed by atoms with Gasteiger partial charge >= 0.3 is 13.3 Å². The zero-order valence-corrected chi connectivity index (χ0v) is 14.9. The van der Waals surface area contributed by atoms with Crippen LogP contribution < -0.4 is 5.46 Å². The standard InChI is InChI=1S/C17H23BF3NO3/c1-15(2)16(3,4)25-18(24-15)12-8-13(11-6-5-7-23-10-11)22-14(9-12)17(19,20)21/h8-9,11H,5-7,10H2,1-4H3. The summed E-state index contributed by atoms with van der Waals surface area (Å²) in [6.45, 7) is 8.50. The summed E-state index contributed by atoms with van der Waals surface area (Å²) in [5, 5.41) is 0. The number of ether oxygens (including phenoxy) is 1. The molecule has 0 bridgehead atoms. The van der Waals surface area contributed by atoms with E-state index in [0.29, 0.717) is 24.4 Å². The molecule has 3 rings (SSSR count). The van der Waals surface area contributed by atoms with Crippen LogP contribution in [0.15, 0.2) is 12.1 Å². The first-order valence-corrected chi connectivity index (χ1v) is 8.52. The maximum atomic E-state index is 13.3. The topological polar surface area (TPSA) is 40.6 Å². The second-order valence-corrected chi connectivity index (χ2v) is 7.71. The van der Waals surface area contributed by atoms with Crippen molar-refractivity contribution in [2.75, 3.05) is 13.2 Å². The molecule has 2 saturated heterocycles. The molecule has 1 aromatic rings. The molecule has 2 aliphatic heterocycles. The van der Waals surface area contributed by atoms with Crippen molar-refractivity contribution >= 4 is 12.6 Å². The largest absolute Gasteiger partial charge is 0.494 e. The number of alkyl halides is 3. The summed E-state index contributed by atoms with van der Waals surface area (Å²) in [6.07, 6.45) is -2.95. The van der Waals surface area contributed by atoms with Gasteiger partial charge in [-0.3, -0.25) is 0 Å². The Morgan fingerprint density at radius 2 is 1.76 bits per heavy atom. The fourth-order valence-electron chi connectivity index (χ4n) is 3.02. The summed E-state index contributed by atoms with van der Waals surface area (Å²) in [5.74, 6) is -0.141. The summed E-state index contributed by atoms with van der Waals surface area (Å²) in [5.41, 5.74) is -1.41. The van der Waals surface area contributed by atoms with Crippen LogP contribution in [-0.2, 0) is 20.2 Å². The molecule has 25 heavy (non-hydrogen) atoms. The van der Waals surface area contributed by atoms with E-state index in [-0.39, 0.29) is 5.92 Å². The molecule has 8 heteroatoms. The van der Waals surface area contributed by atoms with Crippen molar-refractivity contribution in [2.24, 2.45) is 0 Å². The minimum atomic E-state index is -4.52. The van der Waals surface area contributed by atoms with Crippen LogP contribution in [0.3, 0.4) is 0 Å². The molecule has 0 amide bonds. The lowest BCUT2D eigenvalue weighted by Gasteiger charge is -2.32. The molecule has 4 nitrogen and oxygen atoms in total. The van der Waals surface area contributed by atoms with Crippen LogP contribution in [0.25, 0.3) is 0 Å². The second kappa shape index (κ2) is 6.25. The normalized spacial score (nSPS) is 26.0. The van der Waals surface area contributed by atoms with E-state index in [0.717, 1.165) is 18.9 Å². The third kappa shape index (κ3) is 3.71. The second-order valence-electron chi connectivity index (χ2n) is 7.71. The number of hydrogen-bond acceptors (Lipinski definition) is 4. The van der Waals surface area contributed by atoms with Crippen LogP contribution in [0, 0.1) is 0 Å². The molecule has 3 heterocycles. The van der Waals surface area contributed by atoms with Crippen molar-refractivity contribution in [1.29, 1.82) is 0 Å². The molecule has 1 unspecified atom stereocenters. The molecule has 1 atom stereocenters. The van der Waals surface area contributed by atoms with E-state index >= 15 is 0 Å². The smallest absolute Gasteiger partial charge is 0.399 e. The summed E-state index contributed by atoms with van der Waals surface area (Å²) in [6, 6.07) is 2.69. The molecule has 0 spiro atoms. The van der Waals surface area contributed by atoms with Crippen LogP contribution in [0.4, 0.5) is 13.2 Å². The highest BCUT2D eigenvalue weighted by Crippen LogP contribution is 2.37. The van der Waals surface area contributed by atoms with Gasteiger partial charge in [-0.1, -0.05) is 0 Å². The van der Waals surface area contributed by atoms with Crippen LogP contribution in [0.1, 0.15) is 57.8 Å². The van der Waals surface area contributed by atoms with E-state index in [9.17, 15) is 13.2 Å². The minimum absolute atomic E-state index is 0.141. The quantitative estimate of drug-likeness (QED) is 0.762. The van der Waals surface area contributed by atoms with Gasteiger partial charge in [0.25, 0.3) is 0 Å². The molecule has 0 N–H and O–H groups in total. The minimum Gasteiger partial charge on any atom is -0.399 e. The predicted molar refractivity (Wildman–Crippen MR) is 87.7 cm³/mol. The van der Waals surface area contributed by atoms with Crippen molar-refractivity contribution in [3.8, 4) is 0 Å². The van der Waals surface area contributed by atoms with Gasteiger partial charge < -0.3 is 14.0 Å². The number of rotatable bonds is 2. The fourth-order valence-corrected chi connectivity index (χ4v) is 3.02. The van der Waals surface area contributed by atoms with E-state index in [1.165, 1.54) is 0 Å². The molecule has 2 aliphatic rings. The first-order valence-electron chi connectivity index (χ1n) is 8.52. The number of halogens is 3. The Hall–Kier alpha value is -1.12. The Labute approximate surface area is 146 Å². The molecule has 0 radical (unpaired) electrons. The molecule has 0 aromatic carbocycles. The van der Waals surface area contributed by atoms with Gasteiger partial charge in [0.1, 0.15) is 5.69 Å². The predicted octanol–water partition coefficient (Wildman–Crippen LogP) is 3.29. The molecule has 0 saturated carbocycles. The Bertz CT molecular complexity index is 627. The van der Waals surface area contributed by atoms with Gasteiger partial charge in [-0.05, 0) is 58.1 Å². The van der Waals surface area contributed by atoms with Gasteiger partial charge in [-0.25, -0.2) is 4.98 Å². The Balaban J connectivity index is 1.98. The highest BCUT2D eigenvalue weighted by molar-refractivity contribution is 6.62. The van der Waals surface area contributed by atoms with E-state index in [1.807, 2.05) is 27.7 Å². The number of nitrogens with zero attached hydrogens (tertiary/aromatic N) is 1. The van der Waals surface area contributed by atoms with Crippen LogP contribution in [-0.4, -0.2) is 36.5 Å². The highest BCUT2D eigenvalue weighted by Gasteiger charge is 2.52. The molecule has 138 valence electrons. The van der Waals surface area contributed by atoms with E-state index in [4.69, 9.17) is 14.0 Å². The average Bonchev–Trinajstić information content (AvgIpc) is 2.75. The van der Waals surface area contributed by atoms with Gasteiger partial charge in [0.05, 0.1) is 17.8 Å². The Morgan fingerprint density at radius 3 is 2.28 bits per heavy atom. The first-order chi connectivity index (χ1) is 11.5. The summed E-state index contributed by atoms with van der Waals surface area (Å²) in [4.78, 5) is 3.86. The number of hydrogen-bond donors (Lipinski definition) is 0. The van der Waals surface area contributed by atoms with Gasteiger partial charge in [0, 0.05) is 18.2 Å². The molecule has 0 aliphatic carbocycles. The van der Waals surface area contributed by atoms with Crippen LogP contribution >= 0.6 is 0 Å². The Kier molecular flexibility index (Phi) is 4.67. The zero-order chi connectivity index (χ0) is 18.5. The highest BCUT2D eigenvalue weighted by atomic mass is 19.4. The monoisotopic (exact) mass is 357 g/mol. The van der Waals surface area contributed by atoms with E-state index < -0.39 is 30.2 Å². The van der Waals surface area contributed by atoms with Gasteiger partial charge in [-0.15, -0.1) is 0 Å². The van der Waals surface area contributed by atoms with Gasteiger partial charge in [-0.2, -0.15) is 13.2 Å². The molecular weight excluding hydrogens is 334 g/mol. The van der Waals surface area contributed by atoms with Crippen molar-refractivity contribution in [3.63, 3.8) is 0 Å². The lowest BCUT2D eigenvalue weighted by molar-refractivity contribution is -0.141. The van der Waals surface area contributed by atoms with E-state index in [1.54, 1.807) is 6.07 Å².